The van der Waals surface area contributed by atoms with Crippen LogP contribution in [0.2, 0.25) is 5.02 Å². The van der Waals surface area contributed by atoms with Gasteiger partial charge in [-0.1, -0.05) is 67.9 Å². The number of rotatable bonds is 9. The lowest BCUT2D eigenvalue weighted by atomic mass is 10.0. The summed E-state index contributed by atoms with van der Waals surface area (Å²) in [6.07, 6.45) is 1.66. The van der Waals surface area contributed by atoms with E-state index in [1.165, 1.54) is 0 Å². The summed E-state index contributed by atoms with van der Waals surface area (Å²) in [5, 5.41) is 3.57. The summed E-state index contributed by atoms with van der Waals surface area (Å²) in [4.78, 5) is 27.3. The quantitative estimate of drug-likeness (QED) is 0.701. The van der Waals surface area contributed by atoms with E-state index in [2.05, 4.69) is 5.32 Å². The van der Waals surface area contributed by atoms with Gasteiger partial charge in [0.05, 0.1) is 0 Å². The highest BCUT2D eigenvalue weighted by Crippen LogP contribution is 2.18. The molecule has 0 aromatic heterocycles. The Labute approximate surface area is 166 Å². The first-order valence-electron chi connectivity index (χ1n) is 9.40. The number of hydrogen-bond acceptors (Lipinski definition) is 2. The highest BCUT2D eigenvalue weighted by molar-refractivity contribution is 6.30. The molecule has 0 bridgehead atoms. The molecule has 1 atom stereocenters. The third-order valence-electron chi connectivity index (χ3n) is 4.36. The lowest BCUT2D eigenvalue weighted by Crippen LogP contribution is -2.50. The van der Waals surface area contributed by atoms with Crippen molar-refractivity contribution >= 4 is 23.4 Å². The third kappa shape index (κ3) is 6.40. The average Bonchev–Trinajstić information content (AvgIpc) is 2.69. The number of nitrogens with zero attached hydrogens (tertiary/aromatic N) is 1. The zero-order valence-electron chi connectivity index (χ0n) is 16.0. The van der Waals surface area contributed by atoms with Gasteiger partial charge in [0.25, 0.3) is 0 Å². The zero-order chi connectivity index (χ0) is 19.6. The molecule has 0 aliphatic carbocycles. The summed E-state index contributed by atoms with van der Waals surface area (Å²) in [7, 11) is 0. The van der Waals surface area contributed by atoms with Gasteiger partial charge in [0.15, 0.2) is 0 Å². The molecule has 5 heteroatoms. The summed E-state index contributed by atoms with van der Waals surface area (Å²) in [6.45, 7) is 4.77. The van der Waals surface area contributed by atoms with Crippen LogP contribution in [-0.2, 0) is 22.6 Å². The van der Waals surface area contributed by atoms with E-state index in [9.17, 15) is 9.59 Å². The Kier molecular flexibility index (Phi) is 8.34. The fourth-order valence-corrected chi connectivity index (χ4v) is 3.17. The maximum atomic E-state index is 12.9. The molecule has 1 N–H and O–H groups in total. The van der Waals surface area contributed by atoms with Gasteiger partial charge in [0, 0.05) is 31.0 Å². The van der Waals surface area contributed by atoms with Crippen LogP contribution in [0.4, 0.5) is 0 Å². The molecule has 0 heterocycles. The number of nitrogens with one attached hydrogen (secondary N) is 1. The lowest BCUT2D eigenvalue weighted by molar-refractivity contribution is -0.141. The van der Waals surface area contributed by atoms with E-state index in [4.69, 9.17) is 11.6 Å². The van der Waals surface area contributed by atoms with Gasteiger partial charge in [0.2, 0.25) is 11.8 Å². The van der Waals surface area contributed by atoms with E-state index in [1.54, 1.807) is 11.0 Å². The number of benzene rings is 2. The van der Waals surface area contributed by atoms with Gasteiger partial charge in [-0.05, 0) is 29.7 Å². The van der Waals surface area contributed by atoms with Gasteiger partial charge in [-0.25, -0.2) is 0 Å². The first-order valence-corrected chi connectivity index (χ1v) is 9.78. The molecule has 0 fully saturated rings. The van der Waals surface area contributed by atoms with Crippen molar-refractivity contribution in [3.05, 3.63) is 70.7 Å². The molecule has 1 unspecified atom stereocenters. The van der Waals surface area contributed by atoms with Crippen molar-refractivity contribution in [2.45, 2.75) is 45.7 Å². The lowest BCUT2D eigenvalue weighted by Gasteiger charge is -2.31. The molecule has 0 saturated carbocycles. The minimum absolute atomic E-state index is 0.0532. The third-order valence-corrected chi connectivity index (χ3v) is 4.60. The number of halogens is 1. The number of carbonyl (C=O) groups excluding carboxylic acids is 2. The minimum Gasteiger partial charge on any atom is -0.354 e. The van der Waals surface area contributed by atoms with Crippen molar-refractivity contribution < 1.29 is 9.59 Å². The van der Waals surface area contributed by atoms with Gasteiger partial charge >= 0.3 is 0 Å². The molecular weight excluding hydrogens is 360 g/mol. The van der Waals surface area contributed by atoms with Crippen LogP contribution in [-0.4, -0.2) is 29.3 Å². The smallest absolute Gasteiger partial charge is 0.243 e. The molecule has 2 amide bonds. The van der Waals surface area contributed by atoms with Gasteiger partial charge in [-0.2, -0.15) is 0 Å². The predicted molar refractivity (Wildman–Crippen MR) is 110 cm³/mol. The van der Waals surface area contributed by atoms with Crippen LogP contribution in [0, 0.1) is 0 Å². The van der Waals surface area contributed by atoms with Crippen molar-refractivity contribution in [1.82, 2.24) is 10.2 Å². The fraction of sp³-hybridized carbons (Fsp3) is 0.364. The Morgan fingerprint density at radius 1 is 1.04 bits per heavy atom. The van der Waals surface area contributed by atoms with Crippen LogP contribution in [0.3, 0.4) is 0 Å². The minimum atomic E-state index is -0.564. The molecule has 2 rings (SSSR count). The van der Waals surface area contributed by atoms with E-state index >= 15 is 0 Å². The first kappa shape index (κ1) is 21.0. The van der Waals surface area contributed by atoms with E-state index in [1.807, 2.05) is 62.4 Å². The molecule has 2 aromatic rings. The molecular formula is C22H27ClN2O2. The maximum Gasteiger partial charge on any atom is 0.243 e. The van der Waals surface area contributed by atoms with Crippen LogP contribution in [0.25, 0.3) is 0 Å². The van der Waals surface area contributed by atoms with Crippen LogP contribution in [0.1, 0.15) is 37.8 Å². The van der Waals surface area contributed by atoms with Crippen LogP contribution in [0.5, 0.6) is 0 Å². The highest BCUT2D eigenvalue weighted by Gasteiger charge is 2.29. The molecule has 2 aromatic carbocycles. The van der Waals surface area contributed by atoms with Crippen LogP contribution >= 0.6 is 11.6 Å². The Bertz CT molecular complexity index is 749. The summed E-state index contributed by atoms with van der Waals surface area (Å²) in [6, 6.07) is 16.6. The first-order chi connectivity index (χ1) is 13.0. The molecule has 0 aliphatic rings. The van der Waals surface area contributed by atoms with Crippen LogP contribution in [0.15, 0.2) is 54.6 Å². The SMILES string of the molecule is CCCNC(=O)C(Cc1ccccc1)N(Cc1cccc(Cl)c1)C(=O)CC. The standard InChI is InChI=1S/C22H27ClN2O2/c1-3-13-24-22(27)20(15-17-9-6-5-7-10-17)25(21(26)4-2)16-18-11-8-12-19(23)14-18/h5-12,14,20H,3-4,13,15-16H2,1-2H3,(H,24,27). The van der Waals surface area contributed by atoms with Crippen molar-refractivity contribution in [2.75, 3.05) is 6.54 Å². The highest BCUT2D eigenvalue weighted by atomic mass is 35.5. The fourth-order valence-electron chi connectivity index (χ4n) is 2.96. The number of carbonyl (C=O) groups is 2. The van der Waals surface area contributed by atoms with Gasteiger partial charge in [0.1, 0.15) is 6.04 Å². The van der Waals surface area contributed by atoms with E-state index < -0.39 is 6.04 Å². The summed E-state index contributed by atoms with van der Waals surface area (Å²) < 4.78 is 0. The predicted octanol–water partition coefficient (Wildman–Crippen LogP) is 4.22. The maximum absolute atomic E-state index is 12.9. The monoisotopic (exact) mass is 386 g/mol. The molecule has 144 valence electrons. The van der Waals surface area contributed by atoms with Gasteiger partial charge in [-0.3, -0.25) is 9.59 Å². The Hall–Kier alpha value is -2.33. The zero-order valence-corrected chi connectivity index (χ0v) is 16.7. The molecule has 27 heavy (non-hydrogen) atoms. The van der Waals surface area contributed by atoms with Crippen LogP contribution < -0.4 is 5.32 Å². The Balaban J connectivity index is 2.32. The molecule has 0 radical (unpaired) electrons. The second kappa shape index (κ2) is 10.7. The summed E-state index contributed by atoms with van der Waals surface area (Å²) in [5.74, 6) is -0.174. The number of hydrogen-bond donors (Lipinski definition) is 1. The topological polar surface area (TPSA) is 49.4 Å². The summed E-state index contributed by atoms with van der Waals surface area (Å²) in [5.41, 5.74) is 1.93. The van der Waals surface area contributed by atoms with Crippen molar-refractivity contribution in [3.63, 3.8) is 0 Å². The van der Waals surface area contributed by atoms with Crippen molar-refractivity contribution in [2.24, 2.45) is 0 Å². The van der Waals surface area contributed by atoms with Gasteiger partial charge in [-0.15, -0.1) is 0 Å². The second-order valence-corrected chi connectivity index (χ2v) is 6.94. The van der Waals surface area contributed by atoms with Gasteiger partial charge < -0.3 is 10.2 Å². The molecule has 0 saturated heterocycles. The Morgan fingerprint density at radius 2 is 1.74 bits per heavy atom. The Morgan fingerprint density at radius 3 is 2.37 bits per heavy atom. The largest absolute Gasteiger partial charge is 0.354 e. The summed E-state index contributed by atoms with van der Waals surface area (Å²) >= 11 is 6.10. The van der Waals surface area contributed by atoms with E-state index in [0.717, 1.165) is 17.5 Å². The second-order valence-electron chi connectivity index (χ2n) is 6.50. The molecule has 0 aliphatic heterocycles. The van der Waals surface area contributed by atoms with E-state index in [-0.39, 0.29) is 11.8 Å². The average molecular weight is 387 g/mol. The van der Waals surface area contributed by atoms with E-state index in [0.29, 0.717) is 31.0 Å². The van der Waals surface area contributed by atoms with Crippen molar-refractivity contribution in [3.8, 4) is 0 Å². The number of amides is 2. The van der Waals surface area contributed by atoms with Crippen molar-refractivity contribution in [1.29, 1.82) is 0 Å². The molecule has 4 nitrogen and oxygen atoms in total. The molecule has 0 spiro atoms. The normalized spacial score (nSPS) is 11.7.